The Kier molecular flexibility index (Phi) is 24.8. The summed E-state index contributed by atoms with van der Waals surface area (Å²) in [5, 5.41) is 0. The monoisotopic (exact) mass is 354 g/mol. The second-order valence-corrected chi connectivity index (χ2v) is 3.08. The van der Waals surface area contributed by atoms with Gasteiger partial charge < -0.3 is 29.4 Å². The van der Waals surface area contributed by atoms with Crippen LogP contribution in [0.4, 0.5) is 4.70 Å². The molecular weight excluding hydrogens is 340 g/mol. The molecule has 0 spiro atoms. The third-order valence-electron chi connectivity index (χ3n) is 0. The van der Waals surface area contributed by atoms with Crippen molar-refractivity contribution in [2.24, 2.45) is 0 Å². The number of rotatable bonds is 0. The maximum absolute atomic E-state index is 8.88. The third-order valence-corrected chi connectivity index (χ3v) is 0. The SMILES string of the molecule is C.F.O=P(O)(O)O.O=P(O)(O)O.[SnH2]. The Morgan fingerprint density at radius 2 is 0.692 bits per heavy atom. The molecule has 0 rings (SSSR count). The first-order valence-corrected chi connectivity index (χ1v) is 4.70. The molecule has 8 nitrogen and oxygen atoms in total. The van der Waals surface area contributed by atoms with Gasteiger partial charge in [0.05, 0.1) is 0 Å². The Labute approximate surface area is 90.4 Å². The third kappa shape index (κ3) is 1720. The van der Waals surface area contributed by atoms with Crippen molar-refractivity contribution in [1.29, 1.82) is 0 Å². The van der Waals surface area contributed by atoms with E-state index in [2.05, 4.69) is 0 Å². The van der Waals surface area contributed by atoms with E-state index in [0.29, 0.717) is 0 Å². The van der Waals surface area contributed by atoms with Crippen LogP contribution in [0.3, 0.4) is 0 Å². The summed E-state index contributed by atoms with van der Waals surface area (Å²) in [6, 6.07) is 0. The van der Waals surface area contributed by atoms with Crippen LogP contribution in [0.2, 0.25) is 0 Å². The van der Waals surface area contributed by atoms with Gasteiger partial charge in [0.1, 0.15) is 0 Å². The quantitative estimate of drug-likeness (QED) is 0.216. The van der Waals surface area contributed by atoms with Crippen molar-refractivity contribution >= 4 is 39.6 Å². The van der Waals surface area contributed by atoms with Crippen LogP contribution in [0.5, 0.6) is 0 Å². The fourth-order valence-electron chi connectivity index (χ4n) is 0. The van der Waals surface area contributed by atoms with Crippen molar-refractivity contribution in [3.05, 3.63) is 0 Å². The second-order valence-electron chi connectivity index (χ2n) is 1.03. The van der Waals surface area contributed by atoms with Crippen LogP contribution in [-0.4, -0.2) is 53.3 Å². The minimum atomic E-state index is -4.64. The normalized spacial score (nSPS) is 9.08. The van der Waals surface area contributed by atoms with E-state index >= 15 is 0 Å². The molecule has 0 aromatic carbocycles. The standard InChI is InChI=1S/CH4.FH.2H3O4P.Sn.2H/c;;2*1-5(2,3)4;;;/h1H4;1H;2*(H3,1,2,3,4);;;. The first-order valence-electron chi connectivity index (χ1n) is 1.57. The van der Waals surface area contributed by atoms with Gasteiger partial charge in [-0.3, -0.25) is 4.70 Å². The molecule has 0 saturated heterocycles. The fraction of sp³-hybridized carbons (Fsp3) is 1.00. The van der Waals surface area contributed by atoms with Gasteiger partial charge in [-0.05, 0) is 0 Å². The molecule has 0 aliphatic rings. The molecule has 13 heavy (non-hydrogen) atoms. The Balaban J connectivity index is -0.0000000267. The van der Waals surface area contributed by atoms with Gasteiger partial charge in [0.2, 0.25) is 0 Å². The molecule has 0 aromatic heterocycles. The average molecular weight is 353 g/mol. The van der Waals surface area contributed by atoms with E-state index in [1.54, 1.807) is 0 Å². The summed E-state index contributed by atoms with van der Waals surface area (Å²) < 4.78 is 17.8. The zero-order valence-electron chi connectivity index (χ0n) is 5.51. The van der Waals surface area contributed by atoms with Gasteiger partial charge in [0.25, 0.3) is 0 Å². The maximum atomic E-state index is 8.88. The molecule has 0 bridgehead atoms. The zero-order valence-corrected chi connectivity index (χ0v) is 11.3. The van der Waals surface area contributed by atoms with Crippen LogP contribution in [0.15, 0.2) is 0 Å². The van der Waals surface area contributed by atoms with Crippen molar-refractivity contribution < 1.29 is 43.2 Å². The van der Waals surface area contributed by atoms with Gasteiger partial charge in [0.15, 0.2) is 0 Å². The first-order chi connectivity index (χ1) is 4.00. The molecule has 0 aliphatic heterocycles. The van der Waals surface area contributed by atoms with E-state index in [1.807, 2.05) is 0 Å². The van der Waals surface area contributed by atoms with Crippen molar-refractivity contribution in [2.45, 2.75) is 7.43 Å². The van der Waals surface area contributed by atoms with E-state index in [-0.39, 0.29) is 36.0 Å². The summed E-state index contributed by atoms with van der Waals surface area (Å²) in [7, 11) is -9.28. The van der Waals surface area contributed by atoms with Crippen LogP contribution in [-0.2, 0) is 9.13 Å². The Morgan fingerprint density at radius 3 is 0.692 bits per heavy atom. The molecule has 0 saturated carbocycles. The Morgan fingerprint density at radius 1 is 0.692 bits per heavy atom. The molecule has 2 radical (unpaired) electrons. The predicted molar refractivity (Wildman–Crippen MR) is 46.3 cm³/mol. The van der Waals surface area contributed by atoms with E-state index in [4.69, 9.17) is 38.5 Å². The van der Waals surface area contributed by atoms with Crippen molar-refractivity contribution in [3.8, 4) is 0 Å². The van der Waals surface area contributed by atoms with Crippen molar-refractivity contribution in [1.82, 2.24) is 0 Å². The molecule has 0 heterocycles. The summed E-state index contributed by atoms with van der Waals surface area (Å²) >= 11 is 0. The van der Waals surface area contributed by atoms with Crippen LogP contribution in [0.1, 0.15) is 7.43 Å². The average Bonchev–Trinajstić information content (AvgIpc) is 1.12. The number of phosphoric acid groups is 2. The van der Waals surface area contributed by atoms with Crippen LogP contribution >= 0.6 is 15.6 Å². The molecule has 6 N–H and O–H groups in total. The summed E-state index contributed by atoms with van der Waals surface area (Å²) in [5.41, 5.74) is 0. The summed E-state index contributed by atoms with van der Waals surface area (Å²) in [6.45, 7) is 0. The Hall–Kier alpha value is 0.949. The summed E-state index contributed by atoms with van der Waals surface area (Å²) in [5.74, 6) is 0. The van der Waals surface area contributed by atoms with Crippen LogP contribution in [0, 0.1) is 0 Å². The molecular formula is CH13FO8P2Sn. The molecule has 0 atom stereocenters. The second kappa shape index (κ2) is 11.0. The van der Waals surface area contributed by atoms with E-state index < -0.39 is 15.6 Å². The van der Waals surface area contributed by atoms with Gasteiger partial charge >= 0.3 is 39.6 Å². The minimum absolute atomic E-state index is 0. The first kappa shape index (κ1) is 29.2. The molecule has 0 aliphatic carbocycles. The topological polar surface area (TPSA) is 156 Å². The summed E-state index contributed by atoms with van der Waals surface area (Å²) in [6.07, 6.45) is 0. The van der Waals surface area contributed by atoms with Crippen LogP contribution < -0.4 is 0 Å². The van der Waals surface area contributed by atoms with Gasteiger partial charge in [-0.15, -0.1) is 0 Å². The number of halogens is 1. The van der Waals surface area contributed by atoms with Gasteiger partial charge in [0, 0.05) is 0 Å². The predicted octanol–water partition coefficient (Wildman–Crippen LogP) is -1.98. The molecule has 0 unspecified atom stereocenters. The fourth-order valence-corrected chi connectivity index (χ4v) is 0. The molecule has 0 fully saturated rings. The Bertz CT molecular complexity index is 134. The molecule has 86 valence electrons. The van der Waals surface area contributed by atoms with Gasteiger partial charge in [-0.2, -0.15) is 0 Å². The zero-order chi connectivity index (χ0) is 9.00. The van der Waals surface area contributed by atoms with E-state index in [0.717, 1.165) is 0 Å². The van der Waals surface area contributed by atoms with Gasteiger partial charge in [-0.25, -0.2) is 9.13 Å². The van der Waals surface area contributed by atoms with Gasteiger partial charge in [-0.1, -0.05) is 7.43 Å². The summed E-state index contributed by atoms with van der Waals surface area (Å²) in [4.78, 5) is 43.1. The van der Waals surface area contributed by atoms with E-state index in [9.17, 15) is 0 Å². The van der Waals surface area contributed by atoms with Crippen molar-refractivity contribution in [2.75, 3.05) is 0 Å². The number of hydrogen-bond acceptors (Lipinski definition) is 2. The number of hydrogen-bond donors (Lipinski definition) is 6. The van der Waals surface area contributed by atoms with E-state index in [1.165, 1.54) is 0 Å². The molecule has 0 amide bonds. The molecule has 0 aromatic rings. The van der Waals surface area contributed by atoms with Crippen LogP contribution in [0.25, 0.3) is 0 Å². The van der Waals surface area contributed by atoms with Crippen molar-refractivity contribution in [3.63, 3.8) is 0 Å². The molecule has 12 heteroatoms.